The van der Waals surface area contributed by atoms with E-state index in [4.69, 9.17) is 4.52 Å². The average Bonchev–Trinajstić information content (AvgIpc) is 2.83. The van der Waals surface area contributed by atoms with Gasteiger partial charge in [-0.05, 0) is 19.9 Å². The predicted octanol–water partition coefficient (Wildman–Crippen LogP) is 1.21. The SMILES string of the molecule is CC1(NCc2nc(C(C)(C)C)no2)CCNC1. The first-order valence-electron chi connectivity index (χ1n) is 6.18. The van der Waals surface area contributed by atoms with Gasteiger partial charge in [-0.15, -0.1) is 0 Å². The fourth-order valence-corrected chi connectivity index (χ4v) is 1.89. The smallest absolute Gasteiger partial charge is 0.240 e. The van der Waals surface area contributed by atoms with Crippen LogP contribution >= 0.6 is 0 Å². The van der Waals surface area contributed by atoms with E-state index in [-0.39, 0.29) is 11.0 Å². The monoisotopic (exact) mass is 238 g/mol. The fraction of sp³-hybridized carbons (Fsp3) is 0.833. The third-order valence-corrected chi connectivity index (χ3v) is 3.17. The Morgan fingerprint density at radius 2 is 2.24 bits per heavy atom. The lowest BCUT2D eigenvalue weighted by molar-refractivity contribution is 0.319. The quantitative estimate of drug-likeness (QED) is 0.828. The van der Waals surface area contributed by atoms with Crippen molar-refractivity contribution in [3.63, 3.8) is 0 Å². The Labute approximate surface area is 102 Å². The van der Waals surface area contributed by atoms with Gasteiger partial charge in [0.15, 0.2) is 5.82 Å². The summed E-state index contributed by atoms with van der Waals surface area (Å²) < 4.78 is 5.25. The van der Waals surface area contributed by atoms with Crippen molar-refractivity contribution >= 4 is 0 Å². The Bertz CT molecular complexity index is 374. The normalized spacial score (nSPS) is 25.4. The molecule has 2 rings (SSSR count). The van der Waals surface area contributed by atoms with E-state index < -0.39 is 0 Å². The summed E-state index contributed by atoms with van der Waals surface area (Å²) in [5.41, 5.74) is 0.0942. The molecule has 5 heteroatoms. The standard InChI is InChI=1S/C12H22N4O/c1-11(2,3)10-15-9(17-16-10)7-14-12(4)5-6-13-8-12/h13-14H,5-8H2,1-4H3. The summed E-state index contributed by atoms with van der Waals surface area (Å²) in [5, 5.41) is 10.8. The highest BCUT2D eigenvalue weighted by molar-refractivity contribution is 5.00. The van der Waals surface area contributed by atoms with Crippen molar-refractivity contribution in [1.29, 1.82) is 0 Å². The zero-order valence-electron chi connectivity index (χ0n) is 11.1. The molecule has 0 amide bonds. The maximum absolute atomic E-state index is 5.25. The van der Waals surface area contributed by atoms with E-state index in [0.29, 0.717) is 12.4 Å². The number of aromatic nitrogens is 2. The van der Waals surface area contributed by atoms with E-state index >= 15 is 0 Å². The highest BCUT2D eigenvalue weighted by atomic mass is 16.5. The number of nitrogens with zero attached hydrogens (tertiary/aromatic N) is 2. The molecule has 2 N–H and O–H groups in total. The van der Waals surface area contributed by atoms with E-state index in [0.717, 1.165) is 25.3 Å². The molecule has 1 saturated heterocycles. The van der Waals surface area contributed by atoms with Crippen LogP contribution < -0.4 is 10.6 Å². The van der Waals surface area contributed by atoms with Crippen LogP contribution in [0, 0.1) is 0 Å². The molecule has 1 aromatic rings. The van der Waals surface area contributed by atoms with Gasteiger partial charge in [-0.1, -0.05) is 25.9 Å². The first-order chi connectivity index (χ1) is 7.89. The second-order valence-corrected chi connectivity index (χ2v) is 6.10. The molecule has 5 nitrogen and oxygen atoms in total. The third kappa shape index (κ3) is 3.04. The minimum atomic E-state index is -0.0550. The molecule has 0 spiro atoms. The minimum absolute atomic E-state index is 0.0550. The summed E-state index contributed by atoms with van der Waals surface area (Å²) in [5.74, 6) is 1.44. The summed E-state index contributed by atoms with van der Waals surface area (Å²) in [6.45, 7) is 11.2. The van der Waals surface area contributed by atoms with Crippen molar-refractivity contribution in [1.82, 2.24) is 20.8 Å². The lowest BCUT2D eigenvalue weighted by atomic mass is 9.96. The molecule has 1 unspecified atom stereocenters. The zero-order chi connectivity index (χ0) is 12.5. The van der Waals surface area contributed by atoms with E-state index in [1.165, 1.54) is 0 Å². The van der Waals surface area contributed by atoms with Crippen LogP contribution in [0.25, 0.3) is 0 Å². The predicted molar refractivity (Wildman–Crippen MR) is 65.7 cm³/mol. The summed E-state index contributed by atoms with van der Waals surface area (Å²) >= 11 is 0. The van der Waals surface area contributed by atoms with Crippen molar-refractivity contribution < 1.29 is 4.52 Å². The topological polar surface area (TPSA) is 63.0 Å². The second-order valence-electron chi connectivity index (χ2n) is 6.10. The molecule has 0 bridgehead atoms. The molecule has 0 aliphatic carbocycles. The molecule has 0 radical (unpaired) electrons. The lowest BCUT2D eigenvalue weighted by Crippen LogP contribution is -2.43. The van der Waals surface area contributed by atoms with Crippen LogP contribution in [0.2, 0.25) is 0 Å². The summed E-state index contributed by atoms with van der Waals surface area (Å²) in [7, 11) is 0. The summed E-state index contributed by atoms with van der Waals surface area (Å²) in [6, 6.07) is 0. The molecule has 0 saturated carbocycles. The van der Waals surface area contributed by atoms with Crippen LogP contribution in [0.15, 0.2) is 4.52 Å². The highest BCUT2D eigenvalue weighted by Crippen LogP contribution is 2.19. The van der Waals surface area contributed by atoms with Crippen LogP contribution in [0.1, 0.15) is 45.8 Å². The molecule has 17 heavy (non-hydrogen) atoms. The zero-order valence-corrected chi connectivity index (χ0v) is 11.1. The van der Waals surface area contributed by atoms with Gasteiger partial charge in [0, 0.05) is 17.5 Å². The van der Waals surface area contributed by atoms with Gasteiger partial charge in [0.25, 0.3) is 0 Å². The Morgan fingerprint density at radius 3 is 2.76 bits per heavy atom. The largest absolute Gasteiger partial charge is 0.338 e. The van der Waals surface area contributed by atoms with Crippen LogP contribution in [-0.4, -0.2) is 28.8 Å². The average molecular weight is 238 g/mol. The molecule has 0 aromatic carbocycles. The molecule has 96 valence electrons. The number of hydrogen-bond donors (Lipinski definition) is 2. The fourth-order valence-electron chi connectivity index (χ4n) is 1.89. The summed E-state index contributed by atoms with van der Waals surface area (Å²) in [4.78, 5) is 4.41. The third-order valence-electron chi connectivity index (χ3n) is 3.17. The molecule has 1 aromatic heterocycles. The summed E-state index contributed by atoms with van der Waals surface area (Å²) in [6.07, 6.45) is 1.13. The van der Waals surface area contributed by atoms with Crippen LogP contribution in [0.4, 0.5) is 0 Å². The van der Waals surface area contributed by atoms with Gasteiger partial charge in [-0.2, -0.15) is 4.98 Å². The molecular weight excluding hydrogens is 216 g/mol. The van der Waals surface area contributed by atoms with Gasteiger partial charge >= 0.3 is 0 Å². The van der Waals surface area contributed by atoms with Gasteiger partial charge in [0.05, 0.1) is 6.54 Å². The van der Waals surface area contributed by atoms with E-state index in [1.807, 2.05) is 0 Å². The molecule has 2 heterocycles. The number of nitrogens with one attached hydrogen (secondary N) is 2. The van der Waals surface area contributed by atoms with Crippen molar-refractivity contribution in [2.24, 2.45) is 0 Å². The highest BCUT2D eigenvalue weighted by Gasteiger charge is 2.28. The Kier molecular flexibility index (Phi) is 3.23. The van der Waals surface area contributed by atoms with Crippen molar-refractivity contribution in [3.05, 3.63) is 11.7 Å². The molecule has 1 fully saturated rings. The van der Waals surface area contributed by atoms with Gasteiger partial charge in [-0.3, -0.25) is 0 Å². The van der Waals surface area contributed by atoms with E-state index in [9.17, 15) is 0 Å². The second kappa shape index (κ2) is 4.38. The molecule has 1 atom stereocenters. The van der Waals surface area contributed by atoms with Crippen molar-refractivity contribution in [2.45, 2.75) is 51.6 Å². The molecule has 1 aliphatic rings. The van der Waals surface area contributed by atoms with E-state index in [2.05, 4.69) is 48.5 Å². The Hall–Kier alpha value is -0.940. The van der Waals surface area contributed by atoms with Crippen molar-refractivity contribution in [2.75, 3.05) is 13.1 Å². The maximum Gasteiger partial charge on any atom is 0.240 e. The van der Waals surface area contributed by atoms with Crippen LogP contribution in [0.5, 0.6) is 0 Å². The van der Waals surface area contributed by atoms with Gasteiger partial charge in [-0.25, -0.2) is 0 Å². The maximum atomic E-state index is 5.25. The Morgan fingerprint density at radius 1 is 1.47 bits per heavy atom. The van der Waals surface area contributed by atoms with Crippen LogP contribution in [0.3, 0.4) is 0 Å². The lowest BCUT2D eigenvalue weighted by Gasteiger charge is -2.23. The van der Waals surface area contributed by atoms with Gasteiger partial charge in [0.1, 0.15) is 0 Å². The first kappa shape index (κ1) is 12.5. The van der Waals surface area contributed by atoms with Gasteiger partial charge in [0.2, 0.25) is 5.89 Å². The van der Waals surface area contributed by atoms with Crippen molar-refractivity contribution in [3.8, 4) is 0 Å². The number of rotatable bonds is 3. The van der Waals surface area contributed by atoms with Gasteiger partial charge < -0.3 is 15.2 Å². The molecule has 1 aliphatic heterocycles. The Balaban J connectivity index is 1.93. The first-order valence-corrected chi connectivity index (χ1v) is 6.18. The minimum Gasteiger partial charge on any atom is -0.338 e. The van der Waals surface area contributed by atoms with Crippen LogP contribution in [-0.2, 0) is 12.0 Å². The molecular formula is C12H22N4O. The number of hydrogen-bond acceptors (Lipinski definition) is 5. The van der Waals surface area contributed by atoms with E-state index in [1.54, 1.807) is 0 Å².